The molecule has 78 valence electrons. The second-order valence-corrected chi connectivity index (χ2v) is 5.01. The van der Waals surface area contributed by atoms with Gasteiger partial charge < -0.3 is 10.5 Å². The zero-order valence-electron chi connectivity index (χ0n) is 9.47. The van der Waals surface area contributed by atoms with E-state index in [-0.39, 0.29) is 12.0 Å². The van der Waals surface area contributed by atoms with Crippen LogP contribution in [0.3, 0.4) is 0 Å². The number of ether oxygens (including phenoxy) is 1. The molecule has 3 nitrogen and oxygen atoms in total. The molecule has 0 aromatic carbocycles. The number of nitrogens with two attached hydrogens (primary N) is 1. The van der Waals surface area contributed by atoms with Crippen LogP contribution in [0.15, 0.2) is 0 Å². The van der Waals surface area contributed by atoms with Crippen LogP contribution < -0.4 is 5.73 Å². The molecule has 0 spiro atoms. The molecule has 3 heteroatoms. The molecule has 0 heterocycles. The van der Waals surface area contributed by atoms with Gasteiger partial charge in [-0.05, 0) is 41.5 Å². The lowest BCUT2D eigenvalue weighted by molar-refractivity contribution is -0.166. The molecular weight excluding hydrogens is 166 g/mol. The van der Waals surface area contributed by atoms with Gasteiger partial charge in [-0.3, -0.25) is 4.79 Å². The van der Waals surface area contributed by atoms with E-state index in [0.29, 0.717) is 0 Å². The van der Waals surface area contributed by atoms with Gasteiger partial charge in [-0.2, -0.15) is 0 Å². The molecule has 0 aliphatic heterocycles. The van der Waals surface area contributed by atoms with Gasteiger partial charge in [0.2, 0.25) is 0 Å². The highest BCUT2D eigenvalue weighted by Gasteiger charge is 2.35. The van der Waals surface area contributed by atoms with Crippen molar-refractivity contribution in [2.24, 2.45) is 11.1 Å². The maximum Gasteiger partial charge on any atom is 0.313 e. The van der Waals surface area contributed by atoms with Gasteiger partial charge in [-0.25, -0.2) is 0 Å². The minimum absolute atomic E-state index is 0.206. The third kappa shape index (κ3) is 3.77. The molecule has 0 radical (unpaired) electrons. The second-order valence-electron chi connectivity index (χ2n) is 5.01. The van der Waals surface area contributed by atoms with Crippen LogP contribution in [0.4, 0.5) is 0 Å². The van der Waals surface area contributed by atoms with E-state index in [1.54, 1.807) is 13.8 Å². The first-order chi connectivity index (χ1) is 5.57. The molecule has 0 unspecified atom stereocenters. The zero-order valence-corrected chi connectivity index (χ0v) is 9.47. The molecule has 0 rings (SSSR count). The predicted molar refractivity (Wildman–Crippen MR) is 53.3 cm³/mol. The summed E-state index contributed by atoms with van der Waals surface area (Å²) in [7, 11) is 0. The number of carbonyl (C=O) groups excluding carboxylic acids is 1. The lowest BCUT2D eigenvalue weighted by Crippen LogP contribution is -2.44. The van der Waals surface area contributed by atoms with Crippen LogP contribution in [0.2, 0.25) is 0 Å². The number of hydrogen-bond acceptors (Lipinski definition) is 3. The summed E-state index contributed by atoms with van der Waals surface area (Å²) in [5.41, 5.74) is 4.63. The summed E-state index contributed by atoms with van der Waals surface area (Å²) in [5, 5.41) is 0. The Morgan fingerprint density at radius 3 is 1.85 bits per heavy atom. The molecule has 0 saturated heterocycles. The van der Waals surface area contributed by atoms with Gasteiger partial charge in [0.1, 0.15) is 5.60 Å². The van der Waals surface area contributed by atoms with E-state index in [1.165, 1.54) is 0 Å². The quantitative estimate of drug-likeness (QED) is 0.669. The van der Waals surface area contributed by atoms with Gasteiger partial charge in [0, 0.05) is 6.04 Å². The van der Waals surface area contributed by atoms with Crippen LogP contribution in [0.25, 0.3) is 0 Å². The van der Waals surface area contributed by atoms with Crippen molar-refractivity contribution < 1.29 is 9.53 Å². The number of carbonyl (C=O) groups is 1. The van der Waals surface area contributed by atoms with Crippen LogP contribution >= 0.6 is 0 Å². The van der Waals surface area contributed by atoms with Crippen molar-refractivity contribution in [1.29, 1.82) is 0 Å². The van der Waals surface area contributed by atoms with Crippen LogP contribution in [-0.4, -0.2) is 17.6 Å². The SMILES string of the molecule is C[C@@H](N)C(C)(C)C(=O)OC(C)(C)C. The minimum atomic E-state index is -0.618. The average Bonchev–Trinajstić information content (AvgIpc) is 1.82. The van der Waals surface area contributed by atoms with E-state index < -0.39 is 11.0 Å². The largest absolute Gasteiger partial charge is 0.460 e. The molecule has 0 aromatic heterocycles. The van der Waals surface area contributed by atoms with E-state index in [9.17, 15) is 4.79 Å². The first kappa shape index (κ1) is 12.4. The lowest BCUT2D eigenvalue weighted by Gasteiger charge is -2.30. The summed E-state index contributed by atoms with van der Waals surface area (Å²) in [6.07, 6.45) is 0. The summed E-state index contributed by atoms with van der Waals surface area (Å²) in [4.78, 5) is 11.6. The number of rotatable bonds is 2. The van der Waals surface area contributed by atoms with Crippen molar-refractivity contribution >= 4 is 5.97 Å². The van der Waals surface area contributed by atoms with Gasteiger partial charge in [-0.15, -0.1) is 0 Å². The average molecular weight is 187 g/mol. The molecule has 13 heavy (non-hydrogen) atoms. The fourth-order valence-corrected chi connectivity index (χ4v) is 0.596. The third-order valence-electron chi connectivity index (χ3n) is 2.06. The van der Waals surface area contributed by atoms with E-state index in [2.05, 4.69) is 0 Å². The molecule has 2 N–H and O–H groups in total. The standard InChI is InChI=1S/C10H21NO2/c1-7(11)10(5,6)8(12)13-9(2,3)4/h7H,11H2,1-6H3/t7-/m1/s1. The highest BCUT2D eigenvalue weighted by Crippen LogP contribution is 2.23. The summed E-state index contributed by atoms with van der Waals surface area (Å²) in [5.74, 6) is -0.241. The molecule has 0 aliphatic carbocycles. The number of esters is 1. The maximum atomic E-state index is 11.6. The van der Waals surface area contributed by atoms with Crippen LogP contribution in [0.5, 0.6) is 0 Å². The number of hydrogen-bond donors (Lipinski definition) is 1. The molecule has 0 amide bonds. The van der Waals surface area contributed by atoms with Crippen molar-refractivity contribution in [3.05, 3.63) is 0 Å². The molecule has 0 bridgehead atoms. The molecule has 0 aliphatic rings. The van der Waals surface area contributed by atoms with Crippen molar-refractivity contribution in [1.82, 2.24) is 0 Å². The smallest absolute Gasteiger partial charge is 0.313 e. The normalized spacial score (nSPS) is 15.3. The van der Waals surface area contributed by atoms with Gasteiger partial charge in [-0.1, -0.05) is 0 Å². The van der Waals surface area contributed by atoms with E-state index in [1.807, 2.05) is 27.7 Å². The Labute approximate surface area is 80.6 Å². The Hall–Kier alpha value is -0.570. The summed E-state index contributed by atoms with van der Waals surface area (Å²) in [6, 6.07) is -0.206. The monoisotopic (exact) mass is 187 g/mol. The fourth-order valence-electron chi connectivity index (χ4n) is 0.596. The molecule has 0 fully saturated rings. The molecule has 0 aromatic rings. The van der Waals surface area contributed by atoms with Crippen LogP contribution in [0, 0.1) is 5.41 Å². The molecule has 0 saturated carbocycles. The Morgan fingerprint density at radius 2 is 1.62 bits per heavy atom. The van der Waals surface area contributed by atoms with E-state index in [0.717, 1.165) is 0 Å². The van der Waals surface area contributed by atoms with Gasteiger partial charge in [0.25, 0.3) is 0 Å². The Bertz CT molecular complexity index is 190. The topological polar surface area (TPSA) is 52.3 Å². The van der Waals surface area contributed by atoms with Gasteiger partial charge in [0.15, 0.2) is 0 Å². The minimum Gasteiger partial charge on any atom is -0.460 e. The van der Waals surface area contributed by atoms with Gasteiger partial charge >= 0.3 is 5.97 Å². The summed E-state index contributed by atoms with van der Waals surface area (Å²) >= 11 is 0. The zero-order chi connectivity index (χ0) is 10.9. The van der Waals surface area contributed by atoms with Crippen molar-refractivity contribution in [3.8, 4) is 0 Å². The molecule has 1 atom stereocenters. The Morgan fingerprint density at radius 1 is 1.23 bits per heavy atom. The van der Waals surface area contributed by atoms with Crippen molar-refractivity contribution in [2.45, 2.75) is 53.2 Å². The van der Waals surface area contributed by atoms with E-state index in [4.69, 9.17) is 10.5 Å². The van der Waals surface area contributed by atoms with Crippen molar-refractivity contribution in [3.63, 3.8) is 0 Å². The Kier molecular flexibility index (Phi) is 3.50. The second kappa shape index (κ2) is 3.66. The Balaban J connectivity index is 4.44. The maximum absolute atomic E-state index is 11.6. The highest BCUT2D eigenvalue weighted by atomic mass is 16.6. The first-order valence-corrected chi connectivity index (χ1v) is 4.56. The highest BCUT2D eigenvalue weighted by molar-refractivity contribution is 5.77. The first-order valence-electron chi connectivity index (χ1n) is 4.56. The predicted octanol–water partition coefficient (Wildman–Crippen LogP) is 1.70. The van der Waals surface area contributed by atoms with Gasteiger partial charge in [0.05, 0.1) is 5.41 Å². The fraction of sp³-hybridized carbons (Fsp3) is 0.900. The summed E-state index contributed by atoms with van der Waals surface area (Å²) < 4.78 is 5.24. The van der Waals surface area contributed by atoms with Crippen LogP contribution in [0.1, 0.15) is 41.5 Å². The third-order valence-corrected chi connectivity index (χ3v) is 2.06. The molecular formula is C10H21NO2. The lowest BCUT2D eigenvalue weighted by atomic mass is 9.86. The summed E-state index contributed by atoms with van der Waals surface area (Å²) in [6.45, 7) is 11.0. The van der Waals surface area contributed by atoms with Crippen molar-refractivity contribution in [2.75, 3.05) is 0 Å². The van der Waals surface area contributed by atoms with E-state index >= 15 is 0 Å². The van der Waals surface area contributed by atoms with Crippen LogP contribution in [-0.2, 0) is 9.53 Å².